The van der Waals surface area contributed by atoms with E-state index in [4.69, 9.17) is 9.15 Å². The number of aromatic nitrogens is 4. The fourth-order valence-electron chi connectivity index (χ4n) is 2.94. The maximum atomic E-state index is 12.5. The second-order valence-electron chi connectivity index (χ2n) is 6.22. The molecule has 0 unspecified atom stereocenters. The lowest BCUT2D eigenvalue weighted by Gasteiger charge is -2.30. The van der Waals surface area contributed by atoms with Crippen LogP contribution < -0.4 is 10.2 Å². The molecule has 0 spiro atoms. The molecule has 0 bridgehead atoms. The van der Waals surface area contributed by atoms with E-state index in [1.54, 1.807) is 6.07 Å². The summed E-state index contributed by atoms with van der Waals surface area (Å²) in [5.41, 5.74) is 1.74. The highest BCUT2D eigenvalue weighted by atomic mass is 16.5. The Bertz CT molecular complexity index is 929. The molecular weight excluding hydrogens is 348 g/mol. The highest BCUT2D eigenvalue weighted by Crippen LogP contribution is 2.26. The largest absolute Gasteiger partial charge is 0.458 e. The lowest BCUT2D eigenvalue weighted by Crippen LogP contribution is -2.36. The normalized spacial score (nSPS) is 14.3. The predicted octanol–water partition coefficient (Wildman–Crippen LogP) is 1.72. The maximum absolute atomic E-state index is 12.5. The summed E-state index contributed by atoms with van der Waals surface area (Å²) >= 11 is 0. The number of carbonyl (C=O) groups excluding carboxylic acids is 1. The topological polar surface area (TPSA) is 98.3 Å². The number of para-hydroxylation sites is 2. The number of furan rings is 1. The average Bonchev–Trinajstić information content (AvgIpc) is 3.32. The third-order valence-corrected chi connectivity index (χ3v) is 4.23. The number of nitrogens with zero attached hydrogens (tertiary/aromatic N) is 5. The number of anilines is 2. The molecule has 1 aromatic carbocycles. The van der Waals surface area contributed by atoms with Crippen molar-refractivity contribution in [2.24, 2.45) is 0 Å². The van der Waals surface area contributed by atoms with Crippen LogP contribution in [0.2, 0.25) is 0 Å². The smallest absolute Gasteiger partial charge is 0.248 e. The van der Waals surface area contributed by atoms with E-state index >= 15 is 0 Å². The van der Waals surface area contributed by atoms with E-state index in [1.165, 1.54) is 4.80 Å². The first-order valence-corrected chi connectivity index (χ1v) is 8.75. The van der Waals surface area contributed by atoms with Gasteiger partial charge >= 0.3 is 0 Å². The zero-order valence-corrected chi connectivity index (χ0v) is 15.0. The average molecular weight is 368 g/mol. The molecule has 0 aliphatic carbocycles. The second-order valence-corrected chi connectivity index (χ2v) is 6.22. The molecule has 1 aliphatic heterocycles. The van der Waals surface area contributed by atoms with Gasteiger partial charge in [-0.05, 0) is 36.4 Å². The number of morpholine rings is 1. The van der Waals surface area contributed by atoms with Gasteiger partial charge in [-0.1, -0.05) is 12.1 Å². The molecule has 3 heterocycles. The fourth-order valence-corrected chi connectivity index (χ4v) is 2.94. The van der Waals surface area contributed by atoms with Gasteiger partial charge in [0.15, 0.2) is 5.76 Å². The minimum Gasteiger partial charge on any atom is -0.458 e. The molecule has 0 atom stereocenters. The predicted molar refractivity (Wildman–Crippen MR) is 98.4 cm³/mol. The van der Waals surface area contributed by atoms with Crippen LogP contribution in [-0.2, 0) is 16.1 Å². The summed E-state index contributed by atoms with van der Waals surface area (Å²) in [6, 6.07) is 11.3. The molecule has 1 amide bonds. The lowest BCUT2D eigenvalue weighted by molar-refractivity contribution is -0.117. The minimum absolute atomic E-state index is 0.0376. The first kappa shape index (κ1) is 17.2. The standard InChI is InChI=1S/C18H20N6O3/c1-13-6-7-16(27-13)18-20-22-24(21-18)12-17(25)19-14-4-2-3-5-15(14)23-8-10-26-11-9-23/h2-7H,8-12H2,1H3,(H,19,25). The van der Waals surface area contributed by atoms with Gasteiger partial charge in [0.25, 0.3) is 0 Å². The van der Waals surface area contributed by atoms with Crippen molar-refractivity contribution in [2.45, 2.75) is 13.5 Å². The molecule has 9 heteroatoms. The molecular formula is C18H20N6O3. The third-order valence-electron chi connectivity index (χ3n) is 4.23. The van der Waals surface area contributed by atoms with E-state index in [0.29, 0.717) is 24.8 Å². The van der Waals surface area contributed by atoms with Crippen LogP contribution in [0.25, 0.3) is 11.6 Å². The van der Waals surface area contributed by atoms with Crippen LogP contribution in [0.5, 0.6) is 0 Å². The van der Waals surface area contributed by atoms with Crippen LogP contribution in [0.4, 0.5) is 11.4 Å². The van der Waals surface area contributed by atoms with Crippen LogP contribution in [0.15, 0.2) is 40.8 Å². The first-order chi connectivity index (χ1) is 13.2. The van der Waals surface area contributed by atoms with Gasteiger partial charge in [0.1, 0.15) is 12.3 Å². The summed E-state index contributed by atoms with van der Waals surface area (Å²) in [7, 11) is 0. The van der Waals surface area contributed by atoms with Crippen LogP contribution in [0.1, 0.15) is 5.76 Å². The van der Waals surface area contributed by atoms with E-state index in [2.05, 4.69) is 25.6 Å². The van der Waals surface area contributed by atoms with Gasteiger partial charge in [-0.3, -0.25) is 4.79 Å². The molecule has 1 saturated heterocycles. The molecule has 27 heavy (non-hydrogen) atoms. The van der Waals surface area contributed by atoms with Crippen molar-refractivity contribution in [3.8, 4) is 11.6 Å². The second kappa shape index (κ2) is 7.58. The number of amides is 1. The van der Waals surface area contributed by atoms with Crippen molar-refractivity contribution >= 4 is 17.3 Å². The van der Waals surface area contributed by atoms with E-state index < -0.39 is 0 Å². The van der Waals surface area contributed by atoms with Crippen molar-refractivity contribution in [3.05, 3.63) is 42.2 Å². The van der Waals surface area contributed by atoms with E-state index in [1.807, 2.05) is 37.3 Å². The number of hydrogen-bond donors (Lipinski definition) is 1. The number of aryl methyl sites for hydroxylation is 1. The molecule has 1 aliphatic rings. The molecule has 9 nitrogen and oxygen atoms in total. The third kappa shape index (κ3) is 3.98. The quantitative estimate of drug-likeness (QED) is 0.732. The Morgan fingerprint density at radius 2 is 2.00 bits per heavy atom. The lowest BCUT2D eigenvalue weighted by atomic mass is 10.2. The Morgan fingerprint density at radius 1 is 1.19 bits per heavy atom. The van der Waals surface area contributed by atoms with Crippen molar-refractivity contribution in [2.75, 3.05) is 36.5 Å². The molecule has 1 fully saturated rings. The number of rotatable bonds is 5. The summed E-state index contributed by atoms with van der Waals surface area (Å²) in [6.45, 7) is 4.75. The Balaban J connectivity index is 1.43. The minimum atomic E-state index is -0.227. The van der Waals surface area contributed by atoms with Gasteiger partial charge in [-0.25, -0.2) is 0 Å². The molecule has 1 N–H and O–H groups in total. The van der Waals surface area contributed by atoms with Gasteiger partial charge in [0.2, 0.25) is 11.7 Å². The Labute approximate surface area is 155 Å². The highest BCUT2D eigenvalue weighted by molar-refractivity contribution is 5.94. The van der Waals surface area contributed by atoms with Crippen molar-refractivity contribution < 1.29 is 13.9 Å². The van der Waals surface area contributed by atoms with Crippen LogP contribution >= 0.6 is 0 Å². The number of nitrogens with one attached hydrogen (secondary N) is 1. The zero-order chi connectivity index (χ0) is 18.6. The van der Waals surface area contributed by atoms with Gasteiger partial charge in [-0.2, -0.15) is 4.80 Å². The summed E-state index contributed by atoms with van der Waals surface area (Å²) < 4.78 is 10.9. The van der Waals surface area contributed by atoms with Crippen molar-refractivity contribution in [1.82, 2.24) is 20.2 Å². The van der Waals surface area contributed by atoms with Gasteiger partial charge < -0.3 is 19.4 Å². The molecule has 3 aromatic rings. The Morgan fingerprint density at radius 3 is 2.78 bits per heavy atom. The summed E-state index contributed by atoms with van der Waals surface area (Å²) in [5, 5.41) is 15.0. The number of ether oxygens (including phenoxy) is 1. The fraction of sp³-hybridized carbons (Fsp3) is 0.333. The first-order valence-electron chi connectivity index (χ1n) is 8.75. The van der Waals surface area contributed by atoms with Crippen LogP contribution in [-0.4, -0.2) is 52.4 Å². The van der Waals surface area contributed by atoms with Crippen molar-refractivity contribution in [1.29, 1.82) is 0 Å². The monoisotopic (exact) mass is 368 g/mol. The molecule has 0 radical (unpaired) electrons. The summed E-state index contributed by atoms with van der Waals surface area (Å²) in [5.74, 6) is 1.41. The highest BCUT2D eigenvalue weighted by Gasteiger charge is 2.17. The molecule has 140 valence electrons. The number of hydrogen-bond acceptors (Lipinski definition) is 7. The van der Waals surface area contributed by atoms with Crippen LogP contribution in [0.3, 0.4) is 0 Å². The van der Waals surface area contributed by atoms with Gasteiger partial charge in [0.05, 0.1) is 24.6 Å². The maximum Gasteiger partial charge on any atom is 0.248 e. The number of benzene rings is 1. The van der Waals surface area contributed by atoms with Gasteiger partial charge in [-0.15, -0.1) is 10.2 Å². The van der Waals surface area contributed by atoms with E-state index in [-0.39, 0.29) is 12.5 Å². The summed E-state index contributed by atoms with van der Waals surface area (Å²) in [4.78, 5) is 15.9. The van der Waals surface area contributed by atoms with Crippen molar-refractivity contribution in [3.63, 3.8) is 0 Å². The van der Waals surface area contributed by atoms with E-state index in [0.717, 1.165) is 30.2 Å². The molecule has 4 rings (SSSR count). The van der Waals surface area contributed by atoms with Gasteiger partial charge in [0, 0.05) is 13.1 Å². The Hall–Kier alpha value is -3.20. The summed E-state index contributed by atoms with van der Waals surface area (Å²) in [6.07, 6.45) is 0. The van der Waals surface area contributed by atoms with E-state index in [9.17, 15) is 4.79 Å². The molecule has 2 aromatic heterocycles. The number of carbonyl (C=O) groups is 1. The SMILES string of the molecule is Cc1ccc(-c2nnn(CC(=O)Nc3ccccc3N3CCOCC3)n2)o1. The Kier molecular flexibility index (Phi) is 4.84. The zero-order valence-electron chi connectivity index (χ0n) is 15.0. The number of tetrazole rings is 1. The molecule has 0 saturated carbocycles. The van der Waals surface area contributed by atoms with Crippen LogP contribution in [0, 0.1) is 6.92 Å².